The van der Waals surface area contributed by atoms with Crippen molar-refractivity contribution in [3.8, 4) is 0 Å². The lowest BCUT2D eigenvalue weighted by atomic mass is 10.0. The smallest absolute Gasteiger partial charge is 0.306 e. The van der Waals surface area contributed by atoms with Crippen LogP contribution in [0.1, 0.15) is 316 Å². The van der Waals surface area contributed by atoms with E-state index >= 15 is 0 Å². The molecule has 0 aliphatic heterocycles. The summed E-state index contributed by atoms with van der Waals surface area (Å²) in [6.07, 6.45) is 55.1. The van der Waals surface area contributed by atoms with E-state index in [9.17, 15) is 14.4 Å². The molecule has 0 rings (SSSR count). The highest BCUT2D eigenvalue weighted by atomic mass is 16.6. The summed E-state index contributed by atoms with van der Waals surface area (Å²) in [5.74, 6) is -0.836. The molecule has 6 heteroatoms. The number of ether oxygens (including phenoxy) is 3. The quantitative estimate of drug-likeness (QED) is 0.0344. The van der Waals surface area contributed by atoms with Gasteiger partial charge in [-0.15, -0.1) is 0 Å². The van der Waals surface area contributed by atoms with Crippen LogP contribution in [0.15, 0.2) is 0 Å². The average Bonchev–Trinajstić information content (AvgIpc) is 3.26. The lowest BCUT2D eigenvalue weighted by molar-refractivity contribution is -0.167. The standard InChI is InChI=1S/C55H106O6/c1-4-7-10-13-16-19-22-25-27-28-31-33-36-39-42-45-48-54(57)60-51-52(61-55(58)49-46-43-40-37-34-29-24-21-18-15-12-9-6-3)50-59-53(56)47-44-41-38-35-32-30-26-23-20-17-14-11-8-5-2/h52H,4-51H2,1-3H3/t52-/m1/s1. The second kappa shape index (κ2) is 51.0. The zero-order chi connectivity index (χ0) is 44.4. The Morgan fingerprint density at radius 1 is 0.262 bits per heavy atom. The molecule has 6 nitrogen and oxygen atoms in total. The van der Waals surface area contributed by atoms with Gasteiger partial charge >= 0.3 is 17.9 Å². The van der Waals surface area contributed by atoms with Gasteiger partial charge in [0.2, 0.25) is 0 Å². The van der Waals surface area contributed by atoms with Crippen LogP contribution in [-0.2, 0) is 28.6 Å². The van der Waals surface area contributed by atoms with Gasteiger partial charge in [0, 0.05) is 19.3 Å². The Hall–Kier alpha value is -1.59. The third-order valence-corrected chi connectivity index (χ3v) is 12.6. The fourth-order valence-corrected chi connectivity index (χ4v) is 8.45. The molecule has 0 aliphatic carbocycles. The van der Waals surface area contributed by atoms with E-state index in [1.54, 1.807) is 0 Å². The Balaban J connectivity index is 4.29. The zero-order valence-corrected chi connectivity index (χ0v) is 41.5. The number of hydrogen-bond donors (Lipinski definition) is 0. The molecule has 0 amide bonds. The van der Waals surface area contributed by atoms with Crippen molar-refractivity contribution in [2.45, 2.75) is 322 Å². The molecule has 0 saturated heterocycles. The summed E-state index contributed by atoms with van der Waals surface area (Å²) in [7, 11) is 0. The molecule has 0 fully saturated rings. The van der Waals surface area contributed by atoms with Gasteiger partial charge in [0.05, 0.1) is 0 Å². The van der Waals surface area contributed by atoms with Gasteiger partial charge in [-0.3, -0.25) is 14.4 Å². The van der Waals surface area contributed by atoms with Gasteiger partial charge in [-0.25, -0.2) is 0 Å². The van der Waals surface area contributed by atoms with Crippen molar-refractivity contribution in [3.63, 3.8) is 0 Å². The van der Waals surface area contributed by atoms with E-state index in [1.165, 1.54) is 218 Å². The molecule has 61 heavy (non-hydrogen) atoms. The van der Waals surface area contributed by atoms with E-state index in [1.807, 2.05) is 0 Å². The monoisotopic (exact) mass is 863 g/mol. The molecule has 0 aromatic rings. The van der Waals surface area contributed by atoms with Gasteiger partial charge in [-0.05, 0) is 19.3 Å². The number of rotatable bonds is 51. The van der Waals surface area contributed by atoms with Gasteiger partial charge in [0.1, 0.15) is 13.2 Å². The zero-order valence-electron chi connectivity index (χ0n) is 41.5. The maximum atomic E-state index is 12.8. The Morgan fingerprint density at radius 2 is 0.443 bits per heavy atom. The van der Waals surface area contributed by atoms with Crippen LogP contribution in [0.25, 0.3) is 0 Å². The SMILES string of the molecule is CCCCCCCCCCCCCCCCCCC(=O)OC[C@@H](COC(=O)CCCCCCCCCCCCCCCC)OC(=O)CCCCCCCCCCCCCCC. The molecule has 0 N–H and O–H groups in total. The lowest BCUT2D eigenvalue weighted by Gasteiger charge is -2.18. The van der Waals surface area contributed by atoms with Crippen molar-refractivity contribution in [3.05, 3.63) is 0 Å². The molecule has 362 valence electrons. The van der Waals surface area contributed by atoms with Crippen molar-refractivity contribution >= 4 is 17.9 Å². The minimum Gasteiger partial charge on any atom is -0.462 e. The van der Waals surface area contributed by atoms with Gasteiger partial charge in [0.15, 0.2) is 6.10 Å². The predicted octanol–water partition coefficient (Wildman–Crippen LogP) is 18.0. The minimum atomic E-state index is -0.760. The topological polar surface area (TPSA) is 78.9 Å². The van der Waals surface area contributed by atoms with Crippen molar-refractivity contribution in [2.24, 2.45) is 0 Å². The number of hydrogen-bond acceptors (Lipinski definition) is 6. The summed E-state index contributed by atoms with van der Waals surface area (Å²) in [5.41, 5.74) is 0. The first-order valence-electron chi connectivity index (χ1n) is 27.5. The van der Waals surface area contributed by atoms with Gasteiger partial charge in [-0.1, -0.05) is 278 Å². The summed E-state index contributed by atoms with van der Waals surface area (Å²) in [5, 5.41) is 0. The fourth-order valence-electron chi connectivity index (χ4n) is 8.45. The van der Waals surface area contributed by atoms with Crippen LogP contribution >= 0.6 is 0 Å². The van der Waals surface area contributed by atoms with E-state index in [0.29, 0.717) is 19.3 Å². The van der Waals surface area contributed by atoms with Crippen molar-refractivity contribution in [1.29, 1.82) is 0 Å². The summed E-state index contributed by atoms with van der Waals surface area (Å²) < 4.78 is 16.8. The molecule has 0 unspecified atom stereocenters. The van der Waals surface area contributed by atoms with Gasteiger partial charge in [-0.2, -0.15) is 0 Å². The Bertz CT molecular complexity index is 905. The normalized spacial score (nSPS) is 11.9. The third kappa shape index (κ3) is 49.3. The highest BCUT2D eigenvalue weighted by molar-refractivity contribution is 5.71. The molecule has 1 atom stereocenters. The van der Waals surface area contributed by atoms with Crippen LogP contribution in [0.2, 0.25) is 0 Å². The Kier molecular flexibility index (Phi) is 49.7. The van der Waals surface area contributed by atoms with Crippen LogP contribution < -0.4 is 0 Å². The largest absolute Gasteiger partial charge is 0.462 e. The van der Waals surface area contributed by atoms with E-state index in [2.05, 4.69) is 20.8 Å². The summed E-state index contributed by atoms with van der Waals surface area (Å²) in [6.45, 7) is 6.69. The van der Waals surface area contributed by atoms with E-state index in [-0.39, 0.29) is 31.1 Å². The van der Waals surface area contributed by atoms with Crippen LogP contribution in [0.4, 0.5) is 0 Å². The molecule has 0 heterocycles. The maximum absolute atomic E-state index is 12.8. The predicted molar refractivity (Wildman–Crippen MR) is 261 cm³/mol. The van der Waals surface area contributed by atoms with Gasteiger partial charge in [0.25, 0.3) is 0 Å². The first-order valence-corrected chi connectivity index (χ1v) is 27.5. The Labute approximate surface area is 380 Å². The number of unbranched alkanes of at least 4 members (excludes halogenated alkanes) is 40. The average molecular weight is 863 g/mol. The Morgan fingerprint density at radius 3 is 0.656 bits per heavy atom. The van der Waals surface area contributed by atoms with Crippen LogP contribution in [0.3, 0.4) is 0 Å². The van der Waals surface area contributed by atoms with Gasteiger partial charge < -0.3 is 14.2 Å². The van der Waals surface area contributed by atoms with E-state index in [4.69, 9.17) is 14.2 Å². The first kappa shape index (κ1) is 59.4. The molecular weight excluding hydrogens is 757 g/mol. The molecular formula is C55H106O6. The number of carbonyl (C=O) groups excluding carboxylic acids is 3. The third-order valence-electron chi connectivity index (χ3n) is 12.6. The summed E-state index contributed by atoms with van der Waals surface area (Å²) in [4.78, 5) is 38.0. The molecule has 0 aliphatic rings. The second-order valence-electron chi connectivity index (χ2n) is 18.9. The molecule has 0 radical (unpaired) electrons. The first-order chi connectivity index (χ1) is 30.0. The molecule has 0 bridgehead atoms. The second-order valence-corrected chi connectivity index (χ2v) is 18.9. The lowest BCUT2D eigenvalue weighted by Crippen LogP contribution is -2.30. The van der Waals surface area contributed by atoms with E-state index < -0.39 is 6.10 Å². The molecule has 0 saturated carbocycles. The van der Waals surface area contributed by atoms with Crippen molar-refractivity contribution in [1.82, 2.24) is 0 Å². The van der Waals surface area contributed by atoms with Crippen molar-refractivity contribution < 1.29 is 28.6 Å². The van der Waals surface area contributed by atoms with Crippen molar-refractivity contribution in [2.75, 3.05) is 13.2 Å². The summed E-state index contributed by atoms with van der Waals surface area (Å²) in [6, 6.07) is 0. The van der Waals surface area contributed by atoms with Crippen LogP contribution in [0.5, 0.6) is 0 Å². The molecule has 0 spiro atoms. The number of esters is 3. The summed E-state index contributed by atoms with van der Waals surface area (Å²) >= 11 is 0. The highest BCUT2D eigenvalue weighted by Crippen LogP contribution is 2.17. The maximum Gasteiger partial charge on any atom is 0.306 e. The van der Waals surface area contributed by atoms with Crippen LogP contribution in [-0.4, -0.2) is 37.2 Å². The fraction of sp³-hybridized carbons (Fsp3) is 0.945. The minimum absolute atomic E-state index is 0.0613. The van der Waals surface area contributed by atoms with E-state index in [0.717, 1.165) is 57.8 Å². The highest BCUT2D eigenvalue weighted by Gasteiger charge is 2.19. The number of carbonyl (C=O) groups is 3. The van der Waals surface area contributed by atoms with Crippen LogP contribution in [0, 0.1) is 0 Å². The molecule has 0 aromatic heterocycles. The molecule has 0 aromatic carbocycles.